The maximum Gasteiger partial charge on any atom is 0.270 e. The summed E-state index contributed by atoms with van der Waals surface area (Å²) in [4.78, 5) is 15.4. The third kappa shape index (κ3) is 4.03. The van der Waals surface area contributed by atoms with Crippen molar-refractivity contribution in [3.8, 4) is 0 Å². The fourth-order valence-corrected chi connectivity index (χ4v) is 1.87. The Labute approximate surface area is 121 Å². The maximum absolute atomic E-state index is 10.6. The highest BCUT2D eigenvalue weighted by Crippen LogP contribution is 2.22. The summed E-state index contributed by atoms with van der Waals surface area (Å²) in [6.07, 6.45) is 0. The van der Waals surface area contributed by atoms with Gasteiger partial charge in [-0.3, -0.25) is 15.0 Å². The number of non-ortho nitro benzene ring substituents is 1. The first-order valence-electron chi connectivity index (χ1n) is 5.98. The highest BCUT2D eigenvalue weighted by Gasteiger charge is 2.09. The Hall–Kier alpha value is -1.95. The van der Waals surface area contributed by atoms with Crippen LogP contribution in [0.5, 0.6) is 0 Å². The van der Waals surface area contributed by atoms with Gasteiger partial charge in [0.1, 0.15) is 0 Å². The molecule has 0 spiro atoms. The van der Waals surface area contributed by atoms with Crippen LogP contribution < -0.4 is 5.48 Å². The summed E-state index contributed by atoms with van der Waals surface area (Å²) in [5.74, 6) is 0. The molecule has 0 radical (unpaired) electrons. The molecule has 0 fully saturated rings. The quantitative estimate of drug-likeness (QED) is 0.503. The van der Waals surface area contributed by atoms with Gasteiger partial charge in [0, 0.05) is 18.7 Å². The topological polar surface area (TPSA) is 64.4 Å². The molecule has 0 aliphatic carbocycles. The third-order valence-electron chi connectivity index (χ3n) is 2.69. The first-order valence-corrected chi connectivity index (χ1v) is 6.36. The number of hydroxylamine groups is 1. The standard InChI is InChI=1S/C14H13ClN2O3/c15-14-8-13(17(18)19)7-6-12(14)9-16-20-10-11-4-2-1-3-5-11/h1-8,16H,9-10H2. The summed E-state index contributed by atoms with van der Waals surface area (Å²) in [5.41, 5.74) is 4.55. The lowest BCUT2D eigenvalue weighted by Crippen LogP contribution is -2.14. The molecule has 6 heteroatoms. The van der Waals surface area contributed by atoms with E-state index in [9.17, 15) is 10.1 Å². The van der Waals surface area contributed by atoms with Gasteiger partial charge in [0.15, 0.2) is 0 Å². The fourth-order valence-electron chi connectivity index (χ4n) is 1.63. The highest BCUT2D eigenvalue weighted by atomic mass is 35.5. The molecule has 0 saturated heterocycles. The minimum Gasteiger partial charge on any atom is -0.297 e. The van der Waals surface area contributed by atoms with Crippen LogP contribution in [-0.2, 0) is 18.0 Å². The van der Waals surface area contributed by atoms with Crippen LogP contribution in [0, 0.1) is 10.1 Å². The van der Waals surface area contributed by atoms with E-state index in [1.807, 2.05) is 30.3 Å². The zero-order valence-corrected chi connectivity index (χ0v) is 11.3. The average molecular weight is 293 g/mol. The molecule has 0 unspecified atom stereocenters. The van der Waals surface area contributed by atoms with Crippen LogP contribution in [0.25, 0.3) is 0 Å². The molecule has 0 saturated carbocycles. The Balaban J connectivity index is 1.84. The molecular weight excluding hydrogens is 280 g/mol. The zero-order valence-electron chi connectivity index (χ0n) is 10.6. The number of nitro benzene ring substituents is 1. The average Bonchev–Trinajstić information content (AvgIpc) is 2.46. The van der Waals surface area contributed by atoms with Gasteiger partial charge in [-0.2, -0.15) is 5.48 Å². The van der Waals surface area contributed by atoms with Gasteiger partial charge in [0.25, 0.3) is 5.69 Å². The molecule has 0 aliphatic heterocycles. The molecule has 0 aromatic heterocycles. The molecule has 5 nitrogen and oxygen atoms in total. The van der Waals surface area contributed by atoms with Crippen LogP contribution in [0.3, 0.4) is 0 Å². The van der Waals surface area contributed by atoms with Crippen molar-refractivity contribution in [2.75, 3.05) is 0 Å². The van der Waals surface area contributed by atoms with E-state index >= 15 is 0 Å². The van der Waals surface area contributed by atoms with Crippen molar-refractivity contribution in [3.63, 3.8) is 0 Å². The lowest BCUT2D eigenvalue weighted by Gasteiger charge is -2.07. The summed E-state index contributed by atoms with van der Waals surface area (Å²) in [5, 5.41) is 10.9. The summed E-state index contributed by atoms with van der Waals surface area (Å²) < 4.78 is 0. The SMILES string of the molecule is O=[N+]([O-])c1ccc(CNOCc2ccccc2)c(Cl)c1. The van der Waals surface area contributed by atoms with E-state index in [4.69, 9.17) is 16.4 Å². The summed E-state index contributed by atoms with van der Waals surface area (Å²) in [6.45, 7) is 0.815. The van der Waals surface area contributed by atoms with Gasteiger partial charge in [0.05, 0.1) is 16.6 Å². The van der Waals surface area contributed by atoms with Crippen molar-refractivity contribution in [2.45, 2.75) is 13.2 Å². The van der Waals surface area contributed by atoms with Crippen molar-refractivity contribution in [1.29, 1.82) is 0 Å². The molecule has 0 amide bonds. The molecule has 0 atom stereocenters. The van der Waals surface area contributed by atoms with Crippen molar-refractivity contribution in [1.82, 2.24) is 5.48 Å². The lowest BCUT2D eigenvalue weighted by molar-refractivity contribution is -0.384. The third-order valence-corrected chi connectivity index (χ3v) is 3.05. The Bertz CT molecular complexity index is 590. The minimum atomic E-state index is -0.477. The number of rotatable bonds is 6. The number of nitrogens with zero attached hydrogens (tertiary/aromatic N) is 1. The Morgan fingerprint density at radius 3 is 2.60 bits per heavy atom. The van der Waals surface area contributed by atoms with E-state index in [1.54, 1.807) is 6.07 Å². The van der Waals surface area contributed by atoms with Crippen molar-refractivity contribution in [3.05, 3.63) is 74.8 Å². The van der Waals surface area contributed by atoms with Crippen LogP contribution in [0.4, 0.5) is 5.69 Å². The molecule has 0 bridgehead atoms. The Morgan fingerprint density at radius 1 is 1.20 bits per heavy atom. The van der Waals surface area contributed by atoms with Gasteiger partial charge in [-0.25, -0.2) is 0 Å². The molecule has 0 aliphatic rings. The van der Waals surface area contributed by atoms with Gasteiger partial charge >= 0.3 is 0 Å². The van der Waals surface area contributed by atoms with Crippen LogP contribution in [0.1, 0.15) is 11.1 Å². The van der Waals surface area contributed by atoms with Crippen LogP contribution in [0.2, 0.25) is 5.02 Å². The predicted molar refractivity (Wildman–Crippen MR) is 76.2 cm³/mol. The van der Waals surface area contributed by atoms with Crippen molar-refractivity contribution < 1.29 is 9.76 Å². The van der Waals surface area contributed by atoms with Gasteiger partial charge in [0.2, 0.25) is 0 Å². The first kappa shape index (κ1) is 14.5. The molecule has 2 aromatic rings. The van der Waals surface area contributed by atoms with Gasteiger partial charge in [-0.1, -0.05) is 41.9 Å². The molecule has 1 N–H and O–H groups in total. The summed E-state index contributed by atoms with van der Waals surface area (Å²) in [7, 11) is 0. The minimum absolute atomic E-state index is 0.0241. The maximum atomic E-state index is 10.6. The lowest BCUT2D eigenvalue weighted by atomic mass is 10.2. The molecule has 2 aromatic carbocycles. The molecule has 20 heavy (non-hydrogen) atoms. The number of benzene rings is 2. The normalized spacial score (nSPS) is 10.4. The second-order valence-electron chi connectivity index (χ2n) is 4.13. The van der Waals surface area contributed by atoms with Crippen molar-refractivity contribution in [2.24, 2.45) is 0 Å². The number of nitrogens with one attached hydrogen (secondary N) is 1. The summed E-state index contributed by atoms with van der Waals surface area (Å²) in [6, 6.07) is 14.1. The van der Waals surface area contributed by atoms with E-state index < -0.39 is 4.92 Å². The molecular formula is C14H13ClN2O3. The Morgan fingerprint density at radius 2 is 1.95 bits per heavy atom. The van der Waals surface area contributed by atoms with E-state index in [0.29, 0.717) is 18.2 Å². The zero-order chi connectivity index (χ0) is 14.4. The van der Waals surface area contributed by atoms with E-state index in [-0.39, 0.29) is 5.69 Å². The van der Waals surface area contributed by atoms with Crippen molar-refractivity contribution >= 4 is 17.3 Å². The molecule has 2 rings (SSSR count). The summed E-state index contributed by atoms with van der Waals surface area (Å²) >= 11 is 5.97. The van der Waals surface area contributed by atoms with E-state index in [1.165, 1.54) is 12.1 Å². The largest absolute Gasteiger partial charge is 0.297 e. The molecule has 104 valence electrons. The van der Waals surface area contributed by atoms with Gasteiger partial charge in [-0.15, -0.1) is 0 Å². The molecule has 0 heterocycles. The predicted octanol–water partition coefficient (Wildman–Crippen LogP) is 3.47. The van der Waals surface area contributed by atoms with Crippen LogP contribution in [-0.4, -0.2) is 4.92 Å². The highest BCUT2D eigenvalue weighted by molar-refractivity contribution is 6.31. The van der Waals surface area contributed by atoms with Gasteiger partial charge < -0.3 is 0 Å². The first-order chi connectivity index (χ1) is 9.66. The fraction of sp³-hybridized carbons (Fsp3) is 0.143. The number of hydrogen-bond acceptors (Lipinski definition) is 4. The van der Waals surface area contributed by atoms with Gasteiger partial charge in [-0.05, 0) is 17.2 Å². The Kier molecular flexibility index (Phi) is 5.06. The van der Waals surface area contributed by atoms with E-state index in [2.05, 4.69) is 5.48 Å². The second kappa shape index (κ2) is 7.00. The van der Waals surface area contributed by atoms with Crippen LogP contribution >= 0.6 is 11.6 Å². The number of nitro groups is 1. The van der Waals surface area contributed by atoms with E-state index in [0.717, 1.165) is 11.1 Å². The number of hydrogen-bond donors (Lipinski definition) is 1. The second-order valence-corrected chi connectivity index (χ2v) is 4.54. The monoisotopic (exact) mass is 292 g/mol. The van der Waals surface area contributed by atoms with Crippen LogP contribution in [0.15, 0.2) is 48.5 Å². The smallest absolute Gasteiger partial charge is 0.270 e. The number of halogens is 1.